The number of aryl methyl sites for hydroxylation is 1. The molecule has 0 fully saturated rings. The fourth-order valence-corrected chi connectivity index (χ4v) is 5.08. The molecule has 0 radical (unpaired) electrons. The summed E-state index contributed by atoms with van der Waals surface area (Å²) < 4.78 is 12.2. The van der Waals surface area contributed by atoms with E-state index in [1.807, 2.05) is 19.9 Å². The Kier molecular flexibility index (Phi) is 10.7. The summed E-state index contributed by atoms with van der Waals surface area (Å²) in [4.78, 5) is 12.7. The van der Waals surface area contributed by atoms with Crippen LogP contribution in [-0.4, -0.2) is 26.9 Å². The van der Waals surface area contributed by atoms with Crippen molar-refractivity contribution in [3.8, 4) is 28.7 Å². The highest BCUT2D eigenvalue weighted by atomic mass is 16.5. The highest BCUT2D eigenvalue weighted by molar-refractivity contribution is 5.92. The van der Waals surface area contributed by atoms with E-state index >= 15 is 0 Å². The summed E-state index contributed by atoms with van der Waals surface area (Å²) >= 11 is 0. The molecule has 1 aliphatic rings. The summed E-state index contributed by atoms with van der Waals surface area (Å²) in [6.07, 6.45) is 14.9. The Morgan fingerprint density at radius 2 is 1.49 bits per heavy atom. The zero-order valence-corrected chi connectivity index (χ0v) is 25.7. The van der Waals surface area contributed by atoms with Crippen LogP contribution in [0.25, 0.3) is 0 Å². The van der Waals surface area contributed by atoms with Crippen LogP contribution in [0.15, 0.2) is 53.1 Å². The van der Waals surface area contributed by atoms with E-state index in [2.05, 4.69) is 52.8 Å². The number of hydrogen-bond donors (Lipinski definition) is 3. The number of benzene rings is 2. The minimum atomic E-state index is -0.740. The Morgan fingerprint density at radius 1 is 0.902 bits per heavy atom. The number of esters is 1. The third-order valence-corrected chi connectivity index (χ3v) is 7.94. The summed E-state index contributed by atoms with van der Waals surface area (Å²) in [5.41, 5.74) is 6.60. The van der Waals surface area contributed by atoms with Gasteiger partial charge in [-0.2, -0.15) is 0 Å². The predicted octanol–water partition coefficient (Wildman–Crippen LogP) is 8.92. The largest absolute Gasteiger partial charge is 0.504 e. The molecule has 0 aliphatic carbocycles. The van der Waals surface area contributed by atoms with Gasteiger partial charge in [-0.25, -0.2) is 4.79 Å². The average molecular weight is 563 g/mol. The van der Waals surface area contributed by atoms with Crippen molar-refractivity contribution in [3.63, 3.8) is 0 Å². The van der Waals surface area contributed by atoms with Crippen molar-refractivity contribution in [2.45, 2.75) is 105 Å². The summed E-state index contributed by atoms with van der Waals surface area (Å²) in [6.45, 7) is 14.7. The molecule has 0 aromatic heterocycles. The number of phenolic OH excluding ortho intramolecular Hbond substituents is 3. The highest BCUT2D eigenvalue weighted by Crippen LogP contribution is 2.43. The van der Waals surface area contributed by atoms with Gasteiger partial charge in [-0.15, -0.1) is 0 Å². The minimum Gasteiger partial charge on any atom is -0.504 e. The van der Waals surface area contributed by atoms with Gasteiger partial charge in [-0.05, 0) is 135 Å². The predicted molar refractivity (Wildman–Crippen MR) is 164 cm³/mol. The summed E-state index contributed by atoms with van der Waals surface area (Å²) in [7, 11) is 0. The molecule has 0 bridgehead atoms. The first-order valence-electron chi connectivity index (χ1n) is 14.5. The number of carbonyl (C=O) groups excluding carboxylic acids is 1. The average Bonchev–Trinajstić information content (AvgIpc) is 2.90. The van der Waals surface area contributed by atoms with Gasteiger partial charge in [-0.3, -0.25) is 0 Å². The molecule has 0 saturated heterocycles. The summed E-state index contributed by atoms with van der Waals surface area (Å²) in [5.74, 6) is -1.34. The van der Waals surface area contributed by atoms with E-state index < -0.39 is 23.2 Å². The Morgan fingerprint density at radius 3 is 2.10 bits per heavy atom. The van der Waals surface area contributed by atoms with Crippen molar-refractivity contribution < 1.29 is 29.6 Å². The van der Waals surface area contributed by atoms with Crippen LogP contribution in [0.5, 0.6) is 28.7 Å². The van der Waals surface area contributed by atoms with Crippen molar-refractivity contribution >= 4 is 5.97 Å². The second-order valence-corrected chi connectivity index (χ2v) is 11.9. The molecule has 2 aromatic carbocycles. The molecule has 0 spiro atoms. The third-order valence-electron chi connectivity index (χ3n) is 7.94. The molecular formula is C35H46O6. The molecule has 222 valence electrons. The van der Waals surface area contributed by atoms with Gasteiger partial charge in [0, 0.05) is 0 Å². The van der Waals surface area contributed by atoms with Crippen LogP contribution >= 0.6 is 0 Å². The number of ether oxygens (including phenoxy) is 2. The Labute approximate surface area is 245 Å². The van der Waals surface area contributed by atoms with Crippen LogP contribution in [0.2, 0.25) is 0 Å². The molecule has 0 unspecified atom stereocenters. The van der Waals surface area contributed by atoms with Gasteiger partial charge in [-0.1, -0.05) is 34.9 Å². The van der Waals surface area contributed by atoms with Crippen molar-refractivity contribution in [2.75, 3.05) is 0 Å². The van der Waals surface area contributed by atoms with Gasteiger partial charge in [0.1, 0.15) is 17.1 Å². The second-order valence-electron chi connectivity index (χ2n) is 11.9. The molecule has 6 nitrogen and oxygen atoms in total. The van der Waals surface area contributed by atoms with Gasteiger partial charge in [0.25, 0.3) is 0 Å². The van der Waals surface area contributed by atoms with E-state index in [1.165, 1.54) is 16.7 Å². The zero-order chi connectivity index (χ0) is 30.3. The molecule has 6 heteroatoms. The monoisotopic (exact) mass is 562 g/mol. The maximum absolute atomic E-state index is 12.7. The quantitative estimate of drug-likeness (QED) is 0.109. The molecular weight excluding hydrogens is 516 g/mol. The van der Waals surface area contributed by atoms with Gasteiger partial charge in [0.2, 0.25) is 0 Å². The normalized spacial score (nSPS) is 17.0. The van der Waals surface area contributed by atoms with E-state index in [1.54, 1.807) is 0 Å². The van der Waals surface area contributed by atoms with Gasteiger partial charge >= 0.3 is 5.97 Å². The summed E-state index contributed by atoms with van der Waals surface area (Å²) in [6, 6.07) is 3.97. The van der Waals surface area contributed by atoms with Crippen molar-refractivity contribution in [3.05, 3.63) is 75.4 Å². The summed E-state index contributed by atoms with van der Waals surface area (Å²) in [5, 5.41) is 29.1. The van der Waals surface area contributed by atoms with Crippen LogP contribution < -0.4 is 9.47 Å². The molecule has 2 aromatic rings. The first kappa shape index (κ1) is 31.9. The topological polar surface area (TPSA) is 96.2 Å². The van der Waals surface area contributed by atoms with Gasteiger partial charge in [0.15, 0.2) is 17.2 Å². The molecule has 41 heavy (non-hydrogen) atoms. The fourth-order valence-electron chi connectivity index (χ4n) is 5.08. The number of fused-ring (bicyclic) bond motifs is 1. The van der Waals surface area contributed by atoms with E-state index in [0.29, 0.717) is 5.75 Å². The number of phenols is 3. The Hall–Kier alpha value is -3.67. The maximum atomic E-state index is 12.7. The number of carbonyl (C=O) groups is 1. The second kappa shape index (κ2) is 13.8. The number of aromatic hydroxyl groups is 3. The van der Waals surface area contributed by atoms with Crippen molar-refractivity contribution in [2.24, 2.45) is 0 Å². The lowest BCUT2D eigenvalue weighted by molar-refractivity contribution is 0.0556. The molecule has 1 atom stereocenters. The Bertz CT molecular complexity index is 1340. The lowest BCUT2D eigenvalue weighted by Crippen LogP contribution is -2.36. The van der Waals surface area contributed by atoms with Crippen LogP contribution in [0.3, 0.4) is 0 Å². The maximum Gasteiger partial charge on any atom is 0.343 e. The standard InChI is InChI=1S/C35H46O6/c1-22(2)11-8-12-23(3)13-9-14-24(4)15-10-17-35(7)18-16-27-21-31(25(5)26(6)33(27)41-35)40-34(39)28-19-29(36)32(38)30(37)20-28/h11,13,15,19-21,36-38H,8-10,12,14,16-18H2,1-7H3/b23-13+,24-15+/t35-/m1/s1. The lowest BCUT2D eigenvalue weighted by atomic mass is 9.86. The van der Waals surface area contributed by atoms with Crippen LogP contribution in [0, 0.1) is 13.8 Å². The van der Waals surface area contributed by atoms with E-state index in [4.69, 9.17) is 9.47 Å². The molecule has 0 saturated carbocycles. The number of rotatable bonds is 11. The molecule has 0 amide bonds. The highest BCUT2D eigenvalue weighted by Gasteiger charge is 2.33. The van der Waals surface area contributed by atoms with Crippen molar-refractivity contribution in [1.29, 1.82) is 0 Å². The molecule has 3 rings (SSSR count). The first-order valence-corrected chi connectivity index (χ1v) is 14.5. The van der Waals surface area contributed by atoms with Crippen molar-refractivity contribution in [1.82, 2.24) is 0 Å². The fraction of sp³-hybridized carbons (Fsp3) is 0.457. The lowest BCUT2D eigenvalue weighted by Gasteiger charge is -2.37. The van der Waals surface area contributed by atoms with E-state index in [0.717, 1.165) is 85.9 Å². The number of allylic oxidation sites excluding steroid dienone is 6. The Balaban J connectivity index is 1.60. The van der Waals surface area contributed by atoms with Gasteiger partial charge < -0.3 is 24.8 Å². The van der Waals surface area contributed by atoms with Crippen LogP contribution in [-0.2, 0) is 6.42 Å². The van der Waals surface area contributed by atoms with E-state index in [9.17, 15) is 20.1 Å². The minimum absolute atomic E-state index is 0.0645. The van der Waals surface area contributed by atoms with Crippen LogP contribution in [0.4, 0.5) is 0 Å². The molecule has 1 aliphatic heterocycles. The van der Waals surface area contributed by atoms with Crippen LogP contribution in [0.1, 0.15) is 107 Å². The first-order chi connectivity index (χ1) is 19.3. The number of hydrogen-bond acceptors (Lipinski definition) is 6. The smallest absolute Gasteiger partial charge is 0.343 e. The zero-order valence-electron chi connectivity index (χ0n) is 25.7. The van der Waals surface area contributed by atoms with E-state index in [-0.39, 0.29) is 11.2 Å². The molecule has 1 heterocycles. The molecule has 3 N–H and O–H groups in total. The third kappa shape index (κ3) is 8.66. The van der Waals surface area contributed by atoms with Gasteiger partial charge in [0.05, 0.1) is 5.56 Å². The SMILES string of the molecule is CC(C)=CCC/C(C)=C/CC/C(C)=C/CC[C@]1(C)CCc2cc(OC(=O)c3cc(O)c(O)c(O)c3)c(C)c(C)c2O1.